The summed E-state index contributed by atoms with van der Waals surface area (Å²) < 4.78 is 1.33. The number of aromatic amines is 1. The molecule has 2 aromatic rings. The number of nitrogen functional groups attached to an aromatic ring is 1. The lowest BCUT2D eigenvalue weighted by Gasteiger charge is -2.30. The van der Waals surface area contributed by atoms with Gasteiger partial charge in [0.05, 0.1) is 6.33 Å². The van der Waals surface area contributed by atoms with Crippen molar-refractivity contribution in [2.75, 3.05) is 12.3 Å². The summed E-state index contributed by atoms with van der Waals surface area (Å²) >= 11 is 0. The van der Waals surface area contributed by atoms with Crippen LogP contribution in [0.4, 0.5) is 5.95 Å². The highest BCUT2D eigenvalue weighted by molar-refractivity contribution is 5.83. The molecule has 1 fully saturated rings. The number of nitrogens with two attached hydrogens (primary N) is 2. The van der Waals surface area contributed by atoms with Crippen LogP contribution >= 0.6 is 0 Å². The minimum atomic E-state index is -1.12. The Morgan fingerprint density at radius 2 is 2.20 bits per heavy atom. The normalized spacial score (nSPS) is 20.0. The Morgan fingerprint density at radius 1 is 1.44 bits per heavy atom. The molecule has 2 atom stereocenters. The summed E-state index contributed by atoms with van der Waals surface area (Å²) in [6, 6.07) is -0.585. The molecule has 2 heterocycles. The molecular formula is C14H19N7O4. The largest absolute Gasteiger partial charge is 0.480 e. The number of aromatic nitrogens is 4. The van der Waals surface area contributed by atoms with Crippen molar-refractivity contribution in [3.05, 3.63) is 16.7 Å². The maximum absolute atomic E-state index is 12.7. The Hall–Kier alpha value is -2.95. The Balaban J connectivity index is 1.88. The van der Waals surface area contributed by atoms with Crippen molar-refractivity contribution in [2.45, 2.75) is 37.9 Å². The molecule has 1 saturated carbocycles. The lowest BCUT2D eigenvalue weighted by molar-refractivity contribution is -0.146. The van der Waals surface area contributed by atoms with Crippen LogP contribution in [0.25, 0.3) is 11.2 Å². The Kier molecular flexibility index (Phi) is 4.40. The van der Waals surface area contributed by atoms with E-state index in [0.717, 1.165) is 12.8 Å². The molecule has 11 heteroatoms. The molecule has 0 bridgehead atoms. The van der Waals surface area contributed by atoms with Crippen LogP contribution in [-0.2, 0) is 16.1 Å². The number of carboxylic acid groups (broad SMARTS) is 1. The molecule has 1 amide bonds. The molecule has 0 saturated heterocycles. The number of amides is 1. The second-order valence-electron chi connectivity index (χ2n) is 6.07. The summed E-state index contributed by atoms with van der Waals surface area (Å²) in [5, 5.41) is 9.12. The van der Waals surface area contributed by atoms with E-state index in [1.807, 2.05) is 0 Å². The minimum Gasteiger partial charge on any atom is -0.480 e. The van der Waals surface area contributed by atoms with Crippen molar-refractivity contribution in [1.82, 2.24) is 24.4 Å². The van der Waals surface area contributed by atoms with Crippen LogP contribution in [-0.4, -0.2) is 60.0 Å². The van der Waals surface area contributed by atoms with Crippen molar-refractivity contribution in [3.8, 4) is 0 Å². The first-order chi connectivity index (χ1) is 11.9. The lowest BCUT2D eigenvalue weighted by Crippen LogP contribution is -2.50. The van der Waals surface area contributed by atoms with Crippen molar-refractivity contribution in [1.29, 1.82) is 0 Å². The number of imidazole rings is 1. The second kappa shape index (κ2) is 6.51. The van der Waals surface area contributed by atoms with Gasteiger partial charge in [0.25, 0.3) is 5.56 Å². The number of rotatable bonds is 5. The second-order valence-corrected chi connectivity index (χ2v) is 6.07. The molecule has 2 aromatic heterocycles. The van der Waals surface area contributed by atoms with Gasteiger partial charge in [-0.3, -0.25) is 19.4 Å². The Bertz CT molecular complexity index is 874. The fourth-order valence-electron chi connectivity index (χ4n) is 3.25. The first-order valence-electron chi connectivity index (χ1n) is 7.84. The number of hydrogen-bond acceptors (Lipinski definition) is 7. The van der Waals surface area contributed by atoms with Crippen LogP contribution in [0.5, 0.6) is 0 Å². The fraction of sp³-hybridized carbons (Fsp3) is 0.500. The zero-order chi connectivity index (χ0) is 18.1. The van der Waals surface area contributed by atoms with E-state index in [2.05, 4.69) is 15.0 Å². The predicted octanol–water partition coefficient (Wildman–Crippen LogP) is -1.51. The molecule has 1 aliphatic rings. The summed E-state index contributed by atoms with van der Waals surface area (Å²) in [7, 11) is 0. The van der Waals surface area contributed by atoms with Gasteiger partial charge in [0.2, 0.25) is 11.9 Å². The monoisotopic (exact) mass is 349 g/mol. The number of carbonyl (C=O) groups excluding carboxylic acids is 1. The van der Waals surface area contributed by atoms with Gasteiger partial charge < -0.3 is 26.0 Å². The van der Waals surface area contributed by atoms with Crippen LogP contribution in [0.15, 0.2) is 11.1 Å². The summed E-state index contributed by atoms with van der Waals surface area (Å²) in [6.07, 6.45) is 3.54. The van der Waals surface area contributed by atoms with Crippen LogP contribution in [0.1, 0.15) is 19.3 Å². The third kappa shape index (κ3) is 3.31. The van der Waals surface area contributed by atoms with Gasteiger partial charge in [-0.1, -0.05) is 0 Å². The smallest absolute Gasteiger partial charge is 0.323 e. The van der Waals surface area contributed by atoms with E-state index in [0.29, 0.717) is 6.42 Å². The number of nitrogens with one attached hydrogen (secondary N) is 1. The van der Waals surface area contributed by atoms with Gasteiger partial charge in [-0.05, 0) is 19.3 Å². The summed E-state index contributed by atoms with van der Waals surface area (Å²) in [5.41, 5.74) is 11.2. The van der Waals surface area contributed by atoms with Gasteiger partial charge in [-0.25, -0.2) is 4.98 Å². The quantitative estimate of drug-likeness (QED) is 0.504. The summed E-state index contributed by atoms with van der Waals surface area (Å²) in [6.45, 7) is -0.674. The van der Waals surface area contributed by atoms with Crippen molar-refractivity contribution in [3.63, 3.8) is 0 Å². The SMILES string of the molecule is Nc1nc2ncn(CC(=O)N(CC(=O)O)[C@H]3CCC[C@@H]3N)c2c(=O)[nH]1. The Labute approximate surface area is 141 Å². The number of H-pyrrole nitrogens is 1. The standard InChI is InChI=1S/C14H19N7O4/c15-7-2-1-3-8(7)21(5-10(23)24)9(22)4-20-6-17-12-11(20)13(25)19-14(16)18-12/h6-8H,1-5,15H2,(H,23,24)(H3,16,18,19,25)/t7-,8-/m0/s1. The van der Waals surface area contributed by atoms with Gasteiger partial charge in [-0.2, -0.15) is 4.98 Å². The molecular weight excluding hydrogens is 330 g/mol. The average molecular weight is 349 g/mol. The number of carboxylic acids is 1. The van der Waals surface area contributed by atoms with E-state index < -0.39 is 24.0 Å². The maximum Gasteiger partial charge on any atom is 0.323 e. The van der Waals surface area contributed by atoms with E-state index in [1.165, 1.54) is 15.8 Å². The van der Waals surface area contributed by atoms with Crippen molar-refractivity contribution < 1.29 is 14.7 Å². The lowest BCUT2D eigenvalue weighted by atomic mass is 10.1. The highest BCUT2D eigenvalue weighted by atomic mass is 16.4. The summed E-state index contributed by atoms with van der Waals surface area (Å²) in [4.78, 5) is 47.4. The molecule has 11 nitrogen and oxygen atoms in total. The number of anilines is 1. The van der Waals surface area contributed by atoms with Gasteiger partial charge in [0.15, 0.2) is 11.2 Å². The highest BCUT2D eigenvalue weighted by Gasteiger charge is 2.34. The molecule has 1 aliphatic carbocycles. The van der Waals surface area contributed by atoms with Gasteiger partial charge in [0.1, 0.15) is 13.1 Å². The molecule has 3 rings (SSSR count). The Morgan fingerprint density at radius 3 is 2.84 bits per heavy atom. The number of carbonyl (C=O) groups is 2. The van der Waals surface area contributed by atoms with Gasteiger partial charge in [-0.15, -0.1) is 0 Å². The van der Waals surface area contributed by atoms with Crippen molar-refractivity contribution in [2.24, 2.45) is 5.73 Å². The first kappa shape index (κ1) is 16.9. The molecule has 134 valence electrons. The molecule has 0 radical (unpaired) electrons. The predicted molar refractivity (Wildman–Crippen MR) is 87.5 cm³/mol. The maximum atomic E-state index is 12.7. The minimum absolute atomic E-state index is 0.0708. The van der Waals surface area contributed by atoms with Crippen LogP contribution in [0, 0.1) is 0 Å². The number of aliphatic carboxylic acids is 1. The zero-order valence-electron chi connectivity index (χ0n) is 13.4. The van der Waals surface area contributed by atoms with Crippen LogP contribution in [0.3, 0.4) is 0 Å². The topological polar surface area (TPSA) is 173 Å². The fourth-order valence-corrected chi connectivity index (χ4v) is 3.25. The molecule has 25 heavy (non-hydrogen) atoms. The summed E-state index contributed by atoms with van der Waals surface area (Å²) in [5.74, 6) is -1.63. The third-order valence-electron chi connectivity index (χ3n) is 4.36. The number of hydrogen-bond donors (Lipinski definition) is 4. The van der Waals surface area contributed by atoms with Gasteiger partial charge in [0, 0.05) is 12.1 Å². The molecule has 0 unspecified atom stereocenters. The number of nitrogens with zero attached hydrogens (tertiary/aromatic N) is 4. The van der Waals surface area contributed by atoms with Gasteiger partial charge >= 0.3 is 5.97 Å². The first-order valence-corrected chi connectivity index (χ1v) is 7.84. The van der Waals surface area contributed by atoms with Crippen LogP contribution in [0.2, 0.25) is 0 Å². The van der Waals surface area contributed by atoms with E-state index in [4.69, 9.17) is 16.6 Å². The molecule has 0 aromatic carbocycles. The van der Waals surface area contributed by atoms with E-state index >= 15 is 0 Å². The molecule has 6 N–H and O–H groups in total. The average Bonchev–Trinajstić information content (AvgIpc) is 3.11. The molecule has 0 aliphatic heterocycles. The van der Waals surface area contributed by atoms with Crippen molar-refractivity contribution >= 4 is 29.0 Å². The van der Waals surface area contributed by atoms with E-state index in [-0.39, 0.29) is 35.7 Å². The highest BCUT2D eigenvalue weighted by Crippen LogP contribution is 2.23. The molecule has 0 spiro atoms. The zero-order valence-corrected chi connectivity index (χ0v) is 13.4. The van der Waals surface area contributed by atoms with E-state index in [9.17, 15) is 14.4 Å². The van der Waals surface area contributed by atoms with Crippen LogP contribution < -0.4 is 17.0 Å². The number of fused-ring (bicyclic) bond motifs is 1. The van der Waals surface area contributed by atoms with E-state index in [1.54, 1.807) is 0 Å². The third-order valence-corrected chi connectivity index (χ3v) is 4.36.